The Balaban J connectivity index is 0.000000135. The largest absolute Gasteiger partial charge is 0.458 e. The molecule has 2 aromatic heterocycles. The van der Waals surface area contributed by atoms with Crippen molar-refractivity contribution in [2.24, 2.45) is 0 Å². The molecule has 0 N–H and O–H groups in total. The summed E-state index contributed by atoms with van der Waals surface area (Å²) in [6.07, 6.45) is 0. The van der Waals surface area contributed by atoms with E-state index in [1.165, 1.54) is 58.6 Å². The molecule has 0 saturated carbocycles. The molecule has 4 heterocycles. The quantitative estimate of drug-likeness (QED) is 0.157. The fourth-order valence-electron chi connectivity index (χ4n) is 8.36. The van der Waals surface area contributed by atoms with Gasteiger partial charge in [0.2, 0.25) is 0 Å². The highest BCUT2D eigenvalue weighted by molar-refractivity contribution is 7.33. The Kier molecular flexibility index (Phi) is 8.95. The van der Waals surface area contributed by atoms with Gasteiger partial charge in [0.25, 0.3) is 6.71 Å². The van der Waals surface area contributed by atoms with E-state index >= 15 is 0 Å². The number of thiophene rings is 2. The molecular formula is C52H35BN2O2S2. The highest BCUT2D eigenvalue weighted by Gasteiger charge is 2.43. The number of hydrogen-bond donors (Lipinski definition) is 0. The van der Waals surface area contributed by atoms with Gasteiger partial charge in [-0.3, -0.25) is 0 Å². The van der Waals surface area contributed by atoms with Crippen molar-refractivity contribution < 1.29 is 9.47 Å². The molecule has 0 radical (unpaired) electrons. The molecule has 0 amide bonds. The highest BCUT2D eigenvalue weighted by atomic mass is 32.1. The van der Waals surface area contributed by atoms with Crippen LogP contribution in [-0.2, 0) is 0 Å². The third-order valence-corrected chi connectivity index (χ3v) is 13.1. The van der Waals surface area contributed by atoms with Gasteiger partial charge in [-0.1, -0.05) is 121 Å². The van der Waals surface area contributed by atoms with Gasteiger partial charge in [-0.2, -0.15) is 0 Å². The average Bonchev–Trinajstić information content (AvgIpc) is 3.90. The maximum Gasteiger partial charge on any atom is 0.268 e. The minimum Gasteiger partial charge on any atom is -0.458 e. The fraction of sp³-hybridized carbons (Fsp3) is 0. The standard InChI is InChI=1S/C26H16BNOS.C26H19NOS/c1-2-9-17(10-3-1)28-20-13-8-15-22-24(20)27(19-12-5-6-14-21(19)29-22)26-25(28)18-11-4-7-16-23(18)30-26;1-3-10-20(11-4-1)27(25-19-29-26-17-8-7-16-24(25)26)21-12-9-15-23(18-21)28-22-13-5-2-6-14-22/h1-16H;1-19H. The lowest BCUT2D eigenvalue weighted by atomic mass is 9.37. The van der Waals surface area contributed by atoms with Crippen molar-refractivity contribution in [2.75, 3.05) is 9.80 Å². The van der Waals surface area contributed by atoms with E-state index in [2.05, 4.69) is 173 Å². The summed E-state index contributed by atoms with van der Waals surface area (Å²) in [4.78, 5) is 4.71. The van der Waals surface area contributed by atoms with E-state index in [0.29, 0.717) is 0 Å². The number of anilines is 6. The van der Waals surface area contributed by atoms with Gasteiger partial charge in [0.05, 0.1) is 11.4 Å². The molecule has 0 atom stereocenters. The van der Waals surface area contributed by atoms with E-state index in [9.17, 15) is 0 Å². The molecular weight excluding hydrogens is 760 g/mol. The van der Waals surface area contributed by atoms with Gasteiger partial charge < -0.3 is 19.3 Å². The first-order valence-electron chi connectivity index (χ1n) is 19.7. The number of ether oxygens (including phenoxy) is 2. The molecule has 0 bridgehead atoms. The number of hydrogen-bond acceptors (Lipinski definition) is 6. The van der Waals surface area contributed by atoms with E-state index in [4.69, 9.17) is 9.47 Å². The van der Waals surface area contributed by atoms with Gasteiger partial charge >= 0.3 is 0 Å². The maximum absolute atomic E-state index is 6.38. The summed E-state index contributed by atoms with van der Waals surface area (Å²) < 4.78 is 16.4. The van der Waals surface area contributed by atoms with E-state index in [1.54, 1.807) is 11.3 Å². The van der Waals surface area contributed by atoms with E-state index in [0.717, 1.165) is 34.4 Å². The summed E-state index contributed by atoms with van der Waals surface area (Å²) in [5.41, 5.74) is 9.54. The lowest BCUT2D eigenvalue weighted by Crippen LogP contribution is -2.58. The first kappa shape index (κ1) is 35.1. The van der Waals surface area contributed by atoms with Crippen molar-refractivity contribution in [2.45, 2.75) is 0 Å². The number of fused-ring (bicyclic) bond motifs is 7. The Morgan fingerprint density at radius 3 is 1.98 bits per heavy atom. The van der Waals surface area contributed by atoms with Gasteiger partial charge in [0.15, 0.2) is 0 Å². The van der Waals surface area contributed by atoms with Crippen molar-refractivity contribution in [3.8, 4) is 23.0 Å². The van der Waals surface area contributed by atoms with Crippen LogP contribution >= 0.6 is 22.7 Å². The molecule has 2 aliphatic heterocycles. The second-order valence-electron chi connectivity index (χ2n) is 14.4. The number of rotatable bonds is 6. The Bertz CT molecular complexity index is 3090. The van der Waals surface area contributed by atoms with Crippen molar-refractivity contribution >= 4 is 99.4 Å². The lowest BCUT2D eigenvalue weighted by Gasteiger charge is -2.38. The number of benzene rings is 8. The van der Waals surface area contributed by atoms with E-state index in [-0.39, 0.29) is 6.71 Å². The highest BCUT2D eigenvalue weighted by Crippen LogP contribution is 2.46. The summed E-state index contributed by atoms with van der Waals surface area (Å²) in [5.74, 6) is 3.56. The Labute approximate surface area is 351 Å². The summed E-state index contributed by atoms with van der Waals surface area (Å²) in [6.45, 7) is 0.188. The third kappa shape index (κ3) is 6.32. The summed E-state index contributed by atoms with van der Waals surface area (Å²) in [7, 11) is 0. The Hall–Kier alpha value is -7.06. The molecule has 8 aromatic carbocycles. The molecule has 0 aliphatic carbocycles. The Morgan fingerprint density at radius 2 is 1.15 bits per heavy atom. The lowest BCUT2D eigenvalue weighted by molar-refractivity contribution is 0.483. The predicted molar refractivity (Wildman–Crippen MR) is 251 cm³/mol. The normalized spacial score (nSPS) is 12.1. The SMILES string of the molecule is c1ccc(N2c3cccc4c3B(c3ccccc3O4)c3sc4ccccc4c32)cc1.c1ccc(Oc2cccc(N(c3ccccc3)c3csc4ccccc34)c2)cc1. The van der Waals surface area contributed by atoms with Crippen molar-refractivity contribution in [3.63, 3.8) is 0 Å². The zero-order chi connectivity index (χ0) is 39.1. The van der Waals surface area contributed by atoms with Gasteiger partial charge in [-0.15, -0.1) is 22.7 Å². The zero-order valence-electron chi connectivity index (χ0n) is 31.8. The van der Waals surface area contributed by atoms with Crippen LogP contribution in [0.4, 0.5) is 34.1 Å². The Morgan fingerprint density at radius 1 is 0.525 bits per heavy atom. The van der Waals surface area contributed by atoms with Crippen molar-refractivity contribution in [1.82, 2.24) is 0 Å². The van der Waals surface area contributed by atoms with Crippen LogP contribution in [0.25, 0.3) is 20.2 Å². The van der Waals surface area contributed by atoms with Crippen LogP contribution in [0.3, 0.4) is 0 Å². The molecule has 59 heavy (non-hydrogen) atoms. The van der Waals surface area contributed by atoms with Crippen LogP contribution in [0, 0.1) is 0 Å². The van der Waals surface area contributed by atoms with Crippen LogP contribution in [0.15, 0.2) is 212 Å². The van der Waals surface area contributed by atoms with Gasteiger partial charge in [-0.05, 0) is 89.8 Å². The minimum absolute atomic E-state index is 0.188. The second kappa shape index (κ2) is 15.0. The van der Waals surface area contributed by atoms with Crippen molar-refractivity contribution in [3.05, 3.63) is 212 Å². The predicted octanol–water partition coefficient (Wildman–Crippen LogP) is 13.5. The van der Waals surface area contributed by atoms with Gasteiger partial charge in [0.1, 0.15) is 23.0 Å². The molecule has 0 fully saturated rings. The summed E-state index contributed by atoms with van der Waals surface area (Å²) in [6, 6.07) is 71.4. The summed E-state index contributed by atoms with van der Waals surface area (Å²) >= 11 is 3.67. The number of nitrogens with zero attached hydrogens (tertiary/aromatic N) is 2. The van der Waals surface area contributed by atoms with E-state index in [1.807, 2.05) is 59.9 Å². The number of para-hydroxylation sites is 4. The monoisotopic (exact) mass is 794 g/mol. The second-order valence-corrected chi connectivity index (χ2v) is 16.4. The molecule has 0 saturated heterocycles. The first-order valence-corrected chi connectivity index (χ1v) is 21.4. The molecule has 12 rings (SSSR count). The van der Waals surface area contributed by atoms with Crippen LogP contribution in [-0.4, -0.2) is 6.71 Å². The maximum atomic E-state index is 6.38. The molecule has 2 aliphatic rings. The molecule has 0 unspecified atom stereocenters. The molecule has 0 spiro atoms. The van der Waals surface area contributed by atoms with Crippen LogP contribution < -0.4 is 35.0 Å². The average molecular weight is 795 g/mol. The third-order valence-electron chi connectivity index (χ3n) is 10.9. The summed E-state index contributed by atoms with van der Waals surface area (Å²) in [5, 5.41) is 4.78. The molecule has 10 aromatic rings. The smallest absolute Gasteiger partial charge is 0.268 e. The molecule has 7 heteroatoms. The minimum atomic E-state index is 0.188. The zero-order valence-corrected chi connectivity index (χ0v) is 33.4. The van der Waals surface area contributed by atoms with Gasteiger partial charge in [-0.25, -0.2) is 0 Å². The van der Waals surface area contributed by atoms with E-state index < -0.39 is 0 Å². The van der Waals surface area contributed by atoms with Crippen LogP contribution in [0.1, 0.15) is 0 Å². The van der Waals surface area contributed by atoms with Crippen molar-refractivity contribution in [1.29, 1.82) is 0 Å². The van der Waals surface area contributed by atoms with Crippen LogP contribution in [0.2, 0.25) is 0 Å². The van der Waals surface area contributed by atoms with Gasteiger partial charge in [0, 0.05) is 59.1 Å². The molecule has 280 valence electrons. The van der Waals surface area contributed by atoms with Crippen LogP contribution in [0.5, 0.6) is 23.0 Å². The topological polar surface area (TPSA) is 24.9 Å². The molecule has 4 nitrogen and oxygen atoms in total. The first-order chi connectivity index (χ1) is 29.3. The fourth-order valence-corrected chi connectivity index (χ4v) is 10.6.